The van der Waals surface area contributed by atoms with Crippen LogP contribution in [0.5, 0.6) is 0 Å². The van der Waals surface area contributed by atoms with E-state index in [1.54, 1.807) is 11.3 Å². The predicted molar refractivity (Wildman–Crippen MR) is 92.6 cm³/mol. The highest BCUT2D eigenvalue weighted by Crippen LogP contribution is 2.32. The Morgan fingerprint density at radius 2 is 2.25 bits per heavy atom. The van der Waals surface area contributed by atoms with E-state index in [4.69, 9.17) is 0 Å². The predicted octanol–water partition coefficient (Wildman–Crippen LogP) is 4.73. The van der Waals surface area contributed by atoms with E-state index < -0.39 is 0 Å². The molecule has 2 nitrogen and oxygen atoms in total. The lowest BCUT2D eigenvalue weighted by molar-refractivity contribution is 0.103. The van der Waals surface area contributed by atoms with Gasteiger partial charge >= 0.3 is 0 Å². The van der Waals surface area contributed by atoms with E-state index in [1.165, 1.54) is 16.9 Å². The molecule has 1 aliphatic carbocycles. The molecule has 104 valence electrons. The summed E-state index contributed by atoms with van der Waals surface area (Å²) in [5, 5.41) is 2.99. The number of aryl methyl sites for hydroxylation is 1. The molecule has 0 unspecified atom stereocenters. The summed E-state index contributed by atoms with van der Waals surface area (Å²) in [6.45, 7) is 2.28. The van der Waals surface area contributed by atoms with Gasteiger partial charge in [0.1, 0.15) is 0 Å². The van der Waals surface area contributed by atoms with E-state index in [0.29, 0.717) is 0 Å². The minimum absolute atomic E-state index is 0.0130. The number of thiophene rings is 1. The second kappa shape index (κ2) is 5.85. The van der Waals surface area contributed by atoms with Crippen molar-refractivity contribution >= 4 is 45.5 Å². The van der Waals surface area contributed by atoms with E-state index in [0.717, 1.165) is 32.9 Å². The van der Waals surface area contributed by atoms with Crippen molar-refractivity contribution in [3.8, 4) is 0 Å². The van der Waals surface area contributed by atoms with Crippen LogP contribution >= 0.6 is 33.9 Å². The van der Waals surface area contributed by atoms with Crippen molar-refractivity contribution in [1.29, 1.82) is 0 Å². The highest BCUT2D eigenvalue weighted by Gasteiger charge is 2.20. The number of amides is 1. The van der Waals surface area contributed by atoms with Gasteiger partial charge in [-0.2, -0.15) is 0 Å². The summed E-state index contributed by atoms with van der Waals surface area (Å²) >= 11 is 3.91. The van der Waals surface area contributed by atoms with Gasteiger partial charge in [0, 0.05) is 14.1 Å². The molecule has 1 aromatic heterocycles. The number of rotatable bonds is 2. The summed E-state index contributed by atoms with van der Waals surface area (Å²) in [6, 6.07) is 9.96. The average Bonchev–Trinajstić information content (AvgIpc) is 2.81. The van der Waals surface area contributed by atoms with Crippen molar-refractivity contribution < 1.29 is 4.79 Å². The Labute approximate surface area is 136 Å². The van der Waals surface area contributed by atoms with Crippen LogP contribution in [0.25, 0.3) is 0 Å². The second-order valence-electron chi connectivity index (χ2n) is 5.37. The Balaban J connectivity index is 1.78. The standard InChI is InChI=1S/C16H16INOS/c1-10-5-6-14-11(7-10)8-15(20-14)16(19)18-13-4-2-3-12(17)9-13/h2-4,8-10H,5-7H2,1H3,(H,18,19)/t10-/m1/s1. The quantitative estimate of drug-likeness (QED) is 0.730. The van der Waals surface area contributed by atoms with Crippen LogP contribution in [0.4, 0.5) is 5.69 Å². The molecule has 1 aliphatic rings. The molecule has 0 fully saturated rings. The molecular weight excluding hydrogens is 381 g/mol. The minimum atomic E-state index is 0.0130. The summed E-state index contributed by atoms with van der Waals surface area (Å²) < 4.78 is 1.12. The van der Waals surface area contributed by atoms with Crippen LogP contribution < -0.4 is 5.32 Å². The zero-order chi connectivity index (χ0) is 14.1. The van der Waals surface area contributed by atoms with Crippen molar-refractivity contribution in [1.82, 2.24) is 0 Å². The van der Waals surface area contributed by atoms with Crippen LogP contribution in [0, 0.1) is 9.49 Å². The third kappa shape index (κ3) is 3.06. The van der Waals surface area contributed by atoms with Gasteiger partial charge in [-0.3, -0.25) is 4.79 Å². The molecule has 1 heterocycles. The van der Waals surface area contributed by atoms with Crippen molar-refractivity contribution in [2.24, 2.45) is 5.92 Å². The van der Waals surface area contributed by atoms with Gasteiger partial charge in [0.2, 0.25) is 0 Å². The van der Waals surface area contributed by atoms with Crippen LogP contribution in [0.3, 0.4) is 0 Å². The molecule has 0 bridgehead atoms. The number of carbonyl (C=O) groups is 1. The lowest BCUT2D eigenvalue weighted by Crippen LogP contribution is -2.10. The number of benzene rings is 1. The van der Waals surface area contributed by atoms with Crippen LogP contribution in [0.1, 0.15) is 33.5 Å². The Morgan fingerprint density at radius 1 is 1.40 bits per heavy atom. The highest BCUT2D eigenvalue weighted by molar-refractivity contribution is 14.1. The number of nitrogens with one attached hydrogen (secondary N) is 1. The molecule has 1 amide bonds. The first kappa shape index (κ1) is 14.1. The maximum Gasteiger partial charge on any atom is 0.265 e. The first-order valence-electron chi connectivity index (χ1n) is 6.80. The molecule has 1 N–H and O–H groups in total. The first-order chi connectivity index (χ1) is 9.61. The zero-order valence-electron chi connectivity index (χ0n) is 11.3. The normalized spacial score (nSPS) is 17.6. The second-order valence-corrected chi connectivity index (χ2v) is 7.75. The largest absolute Gasteiger partial charge is 0.321 e. The molecule has 4 heteroatoms. The molecule has 0 aliphatic heterocycles. The van der Waals surface area contributed by atoms with E-state index in [-0.39, 0.29) is 5.91 Å². The lowest BCUT2D eigenvalue weighted by atomic mass is 9.90. The summed E-state index contributed by atoms with van der Waals surface area (Å²) in [5.74, 6) is 0.753. The Kier molecular flexibility index (Phi) is 4.12. The van der Waals surface area contributed by atoms with Gasteiger partial charge in [0.05, 0.1) is 4.88 Å². The fourth-order valence-electron chi connectivity index (χ4n) is 2.58. The van der Waals surface area contributed by atoms with Crippen molar-refractivity contribution in [2.45, 2.75) is 26.2 Å². The van der Waals surface area contributed by atoms with Crippen molar-refractivity contribution in [2.75, 3.05) is 5.32 Å². The van der Waals surface area contributed by atoms with E-state index in [9.17, 15) is 4.79 Å². The summed E-state index contributed by atoms with van der Waals surface area (Å²) in [5.41, 5.74) is 2.24. The molecule has 3 rings (SSSR count). The van der Waals surface area contributed by atoms with Crippen LogP contribution in [-0.4, -0.2) is 5.91 Å². The SMILES string of the molecule is C[C@@H]1CCc2sc(C(=O)Nc3cccc(I)c3)cc2C1. The smallest absolute Gasteiger partial charge is 0.265 e. The van der Waals surface area contributed by atoms with Crippen LogP contribution in [0.15, 0.2) is 30.3 Å². The monoisotopic (exact) mass is 397 g/mol. The van der Waals surface area contributed by atoms with E-state index in [1.807, 2.05) is 24.3 Å². The van der Waals surface area contributed by atoms with Gasteiger partial charge in [-0.05, 0) is 77.6 Å². The molecule has 0 radical (unpaired) electrons. The van der Waals surface area contributed by atoms with Crippen LogP contribution in [-0.2, 0) is 12.8 Å². The molecule has 0 spiro atoms. The van der Waals surface area contributed by atoms with Gasteiger partial charge in [0.15, 0.2) is 0 Å². The number of anilines is 1. The lowest BCUT2D eigenvalue weighted by Gasteiger charge is -2.16. The first-order valence-corrected chi connectivity index (χ1v) is 8.70. The van der Waals surface area contributed by atoms with Gasteiger partial charge in [0.25, 0.3) is 5.91 Å². The molecule has 2 aromatic rings. The Morgan fingerprint density at radius 3 is 3.05 bits per heavy atom. The van der Waals surface area contributed by atoms with Crippen molar-refractivity contribution in [3.05, 3.63) is 49.2 Å². The number of fused-ring (bicyclic) bond motifs is 1. The minimum Gasteiger partial charge on any atom is -0.321 e. The number of carbonyl (C=O) groups excluding carboxylic acids is 1. The number of hydrogen-bond donors (Lipinski definition) is 1. The third-order valence-corrected chi connectivity index (χ3v) is 5.54. The Bertz CT molecular complexity index is 650. The number of hydrogen-bond acceptors (Lipinski definition) is 2. The van der Waals surface area contributed by atoms with Gasteiger partial charge in [-0.1, -0.05) is 13.0 Å². The fourth-order valence-corrected chi connectivity index (χ4v) is 4.22. The molecule has 0 saturated heterocycles. The summed E-state index contributed by atoms with van der Waals surface area (Å²) in [4.78, 5) is 14.6. The van der Waals surface area contributed by atoms with Crippen molar-refractivity contribution in [3.63, 3.8) is 0 Å². The maximum absolute atomic E-state index is 12.3. The number of halogens is 1. The molecule has 1 atom stereocenters. The Hall–Kier alpha value is -0.880. The van der Waals surface area contributed by atoms with E-state index >= 15 is 0 Å². The highest BCUT2D eigenvalue weighted by atomic mass is 127. The average molecular weight is 397 g/mol. The molecule has 20 heavy (non-hydrogen) atoms. The van der Waals surface area contributed by atoms with Gasteiger partial charge in [-0.15, -0.1) is 11.3 Å². The molecular formula is C16H16INOS. The fraction of sp³-hybridized carbons (Fsp3) is 0.312. The van der Waals surface area contributed by atoms with E-state index in [2.05, 4.69) is 40.9 Å². The van der Waals surface area contributed by atoms with Gasteiger partial charge < -0.3 is 5.32 Å². The summed E-state index contributed by atoms with van der Waals surface area (Å²) in [7, 11) is 0. The topological polar surface area (TPSA) is 29.1 Å². The van der Waals surface area contributed by atoms with Gasteiger partial charge in [-0.25, -0.2) is 0 Å². The molecule has 0 saturated carbocycles. The third-order valence-electron chi connectivity index (χ3n) is 3.64. The molecule has 1 aromatic carbocycles. The summed E-state index contributed by atoms with van der Waals surface area (Å²) in [6.07, 6.45) is 3.48. The zero-order valence-corrected chi connectivity index (χ0v) is 14.3. The maximum atomic E-state index is 12.3. The van der Waals surface area contributed by atoms with Crippen LogP contribution in [0.2, 0.25) is 0 Å².